The van der Waals surface area contributed by atoms with Gasteiger partial charge in [-0.3, -0.25) is 4.79 Å². The second kappa shape index (κ2) is 24.2. The summed E-state index contributed by atoms with van der Waals surface area (Å²) in [6.45, 7) is 24.5. The number of hydrogen-bond acceptors (Lipinski definition) is 9. The van der Waals surface area contributed by atoms with Gasteiger partial charge in [-0.05, 0) is 68.4 Å². The van der Waals surface area contributed by atoms with Gasteiger partial charge in [0.05, 0.1) is 33.5 Å². The van der Waals surface area contributed by atoms with Crippen molar-refractivity contribution in [3.8, 4) is 5.75 Å². The van der Waals surface area contributed by atoms with Gasteiger partial charge in [0.2, 0.25) is 5.91 Å². The van der Waals surface area contributed by atoms with Crippen LogP contribution in [0, 0.1) is 0 Å². The van der Waals surface area contributed by atoms with E-state index in [9.17, 15) is 5.53 Å². The van der Waals surface area contributed by atoms with Crippen molar-refractivity contribution in [1.29, 1.82) is 0 Å². The summed E-state index contributed by atoms with van der Waals surface area (Å²) in [5.41, 5.74) is 10.3. The van der Waals surface area contributed by atoms with Gasteiger partial charge in [-0.15, -0.1) is 0 Å². The Morgan fingerprint density at radius 1 is 0.712 bits per heavy atom. The van der Waals surface area contributed by atoms with Crippen LogP contribution in [0.25, 0.3) is 10.4 Å². The van der Waals surface area contributed by atoms with E-state index in [4.69, 9.17) is 32.5 Å². The van der Waals surface area contributed by atoms with Crippen LogP contribution in [-0.2, 0) is 45.8 Å². The molecular weight excluding hydrogens is 881 g/mol. The zero-order valence-corrected chi connectivity index (χ0v) is 44.8. The third-order valence-electron chi connectivity index (χ3n) is 12.6. The van der Waals surface area contributed by atoms with Gasteiger partial charge in [0.15, 0.2) is 13.9 Å². The number of nitrogens with zero attached hydrogens (tertiary/aromatic N) is 3. The molecule has 0 bridgehead atoms. The molecule has 66 heavy (non-hydrogen) atoms. The summed E-state index contributed by atoms with van der Waals surface area (Å²) < 4.78 is 47.1. The van der Waals surface area contributed by atoms with Gasteiger partial charge < -0.3 is 37.9 Å². The number of methoxy groups -OCH3 is 1. The second-order valence-corrected chi connectivity index (χ2v) is 35.3. The third-order valence-corrected chi connectivity index (χ3v) is 23.7. The molecule has 0 aliphatic rings. The first-order chi connectivity index (χ1) is 31.1. The Balaban J connectivity index is 2.02. The normalized spacial score (nSPS) is 14.9. The molecule has 360 valence electrons. The molecule has 4 rings (SSSR count). The number of ether oxygens (including phenoxy) is 5. The molecule has 1 N–H and O–H groups in total. The molecule has 15 heteroatoms. The minimum atomic E-state index is -3.37. The average molecular weight is 957 g/mol. The lowest BCUT2D eigenvalue weighted by Crippen LogP contribution is -2.70. The van der Waals surface area contributed by atoms with E-state index in [1.165, 1.54) is 7.05 Å². The second-order valence-electron chi connectivity index (χ2n) is 20.6. The fraction of sp³-hybridized carbons (Fsp3) is 0.510. The van der Waals surface area contributed by atoms with E-state index in [-0.39, 0.29) is 38.3 Å². The molecule has 0 spiro atoms. The Morgan fingerprint density at radius 2 is 1.24 bits per heavy atom. The Kier molecular flexibility index (Phi) is 20.0. The predicted molar refractivity (Wildman–Crippen MR) is 273 cm³/mol. The SMILES string of the molecule is CNC(=O)[C@@](CO[Si](c1ccccc1)(c1ccccc1)C(C)(C)C)(N=[N+]=[N-])[C@@H](OCc1ccccc1)[C@H](OCc1ccc(OC)cc1)[C@H](CO[Si](C)(C)C(C)(C)C)OCOCC[Si](C)(C)C. The molecule has 4 atom stereocenters. The van der Waals surface area contributed by atoms with Crippen molar-refractivity contribution in [2.75, 3.05) is 40.8 Å². The van der Waals surface area contributed by atoms with Crippen molar-refractivity contribution in [2.45, 2.75) is 127 Å². The van der Waals surface area contributed by atoms with Crippen LogP contribution in [0.15, 0.2) is 120 Å². The van der Waals surface area contributed by atoms with Crippen molar-refractivity contribution < 1.29 is 37.3 Å². The minimum Gasteiger partial charge on any atom is -0.497 e. The van der Waals surface area contributed by atoms with Gasteiger partial charge in [0.25, 0.3) is 8.32 Å². The standard InChI is InChI=1S/C51H76N4O8Si3/c1-49(2,3)65(12,13)62-37-45(61-39-58-33-34-64(9,10)11)46(59-35-41-29-31-42(57-8)32-30-41)47(60-36-40-23-17-14-18-24-40)51(54-55-52,48(56)53-7)38-63-66(50(4,5)6,43-25-19-15-20-26-43)44-27-21-16-22-28-44/h14-32,45-47H,33-39H2,1-13H3,(H,53,56)/t45-,46+,47-,51-/m0/s1. The molecule has 0 radical (unpaired) electrons. The lowest BCUT2D eigenvalue weighted by Gasteiger charge is -2.47. The average Bonchev–Trinajstić information content (AvgIpc) is 3.28. The molecule has 0 aliphatic carbocycles. The molecule has 0 unspecified atom stereocenters. The van der Waals surface area contributed by atoms with Crippen molar-refractivity contribution in [3.63, 3.8) is 0 Å². The number of benzene rings is 4. The molecule has 0 heterocycles. The van der Waals surface area contributed by atoms with E-state index in [1.54, 1.807) is 7.11 Å². The first kappa shape index (κ1) is 54.5. The molecule has 12 nitrogen and oxygen atoms in total. The van der Waals surface area contributed by atoms with Crippen LogP contribution in [-0.4, -0.2) is 95.2 Å². The molecule has 1 amide bonds. The van der Waals surface area contributed by atoms with E-state index >= 15 is 4.79 Å². The zero-order valence-electron chi connectivity index (χ0n) is 41.8. The lowest BCUT2D eigenvalue weighted by molar-refractivity contribution is -0.201. The minimum absolute atomic E-state index is 0.0370. The molecule has 0 aliphatic heterocycles. The van der Waals surface area contributed by atoms with Crippen LogP contribution in [0.1, 0.15) is 52.7 Å². The first-order valence-electron chi connectivity index (χ1n) is 22.9. The van der Waals surface area contributed by atoms with Gasteiger partial charge in [-0.25, -0.2) is 0 Å². The maximum atomic E-state index is 15.2. The maximum Gasteiger partial charge on any atom is 0.261 e. The van der Waals surface area contributed by atoms with E-state index in [1.807, 2.05) is 91.0 Å². The number of azide groups is 1. The van der Waals surface area contributed by atoms with E-state index < -0.39 is 59.5 Å². The maximum absolute atomic E-state index is 15.2. The van der Waals surface area contributed by atoms with Gasteiger partial charge in [-0.1, -0.05) is 169 Å². The third kappa shape index (κ3) is 14.4. The number of carbonyl (C=O) groups excluding carboxylic acids is 1. The zero-order chi connectivity index (χ0) is 48.7. The van der Waals surface area contributed by atoms with Gasteiger partial charge in [0, 0.05) is 26.6 Å². The summed E-state index contributed by atoms with van der Waals surface area (Å²) in [5.74, 6) is 0.0890. The lowest BCUT2D eigenvalue weighted by atomic mass is 9.86. The summed E-state index contributed by atoms with van der Waals surface area (Å²) >= 11 is 0. The highest BCUT2D eigenvalue weighted by Gasteiger charge is 2.57. The molecule has 0 aromatic heterocycles. The number of nitrogens with one attached hydrogen (secondary N) is 1. The topological polar surface area (TPSA) is 142 Å². The molecule has 0 saturated heterocycles. The summed E-state index contributed by atoms with van der Waals surface area (Å²) in [5, 5.41) is 8.71. The number of carbonyl (C=O) groups is 1. The summed E-state index contributed by atoms with van der Waals surface area (Å²) in [4.78, 5) is 18.6. The highest BCUT2D eigenvalue weighted by Crippen LogP contribution is 2.40. The largest absolute Gasteiger partial charge is 0.497 e. The summed E-state index contributed by atoms with van der Waals surface area (Å²) in [6, 6.07) is 38.4. The summed E-state index contributed by atoms with van der Waals surface area (Å²) in [6.07, 6.45) is -3.32. The quantitative estimate of drug-likeness (QED) is 0.0164. The van der Waals surface area contributed by atoms with Crippen molar-refractivity contribution in [3.05, 3.63) is 137 Å². The van der Waals surface area contributed by atoms with Crippen molar-refractivity contribution in [2.24, 2.45) is 5.11 Å². The number of likely N-dealkylation sites (N-methyl/N-ethyl adjacent to an activating group) is 1. The monoisotopic (exact) mass is 956 g/mol. The molecular formula is C51H76N4O8Si3. The van der Waals surface area contributed by atoms with Crippen LogP contribution < -0.4 is 20.4 Å². The molecule has 4 aromatic carbocycles. The number of amides is 1. The summed E-state index contributed by atoms with van der Waals surface area (Å²) in [7, 11) is -4.08. The van der Waals surface area contributed by atoms with Gasteiger partial charge in [-0.2, -0.15) is 0 Å². The van der Waals surface area contributed by atoms with Crippen LogP contribution in [0.4, 0.5) is 0 Å². The molecule has 0 fully saturated rings. The highest BCUT2D eigenvalue weighted by molar-refractivity contribution is 6.99. The number of rotatable bonds is 26. The van der Waals surface area contributed by atoms with Crippen LogP contribution >= 0.6 is 0 Å². The van der Waals surface area contributed by atoms with Crippen molar-refractivity contribution in [1.82, 2.24) is 5.32 Å². The van der Waals surface area contributed by atoms with Gasteiger partial charge in [0.1, 0.15) is 30.9 Å². The Labute approximate surface area is 397 Å². The van der Waals surface area contributed by atoms with Gasteiger partial charge >= 0.3 is 0 Å². The predicted octanol–water partition coefficient (Wildman–Crippen LogP) is 10.3. The van der Waals surface area contributed by atoms with E-state index in [0.29, 0.717) is 12.4 Å². The fourth-order valence-electron chi connectivity index (χ4n) is 7.57. The smallest absolute Gasteiger partial charge is 0.261 e. The van der Waals surface area contributed by atoms with E-state index in [0.717, 1.165) is 27.5 Å². The fourth-order valence-corrected chi connectivity index (χ4v) is 13.9. The Hall–Kier alpha value is -4.13. The van der Waals surface area contributed by atoms with Crippen LogP contribution in [0.2, 0.25) is 48.9 Å². The number of hydrogen-bond donors (Lipinski definition) is 1. The Morgan fingerprint density at radius 3 is 1.73 bits per heavy atom. The Bertz CT molecular complexity index is 2070. The molecule has 4 aromatic rings. The van der Waals surface area contributed by atoms with E-state index in [2.05, 4.69) is 114 Å². The highest BCUT2D eigenvalue weighted by atomic mass is 28.4. The van der Waals surface area contributed by atoms with Crippen LogP contribution in [0.3, 0.4) is 0 Å². The molecule has 0 saturated carbocycles. The van der Waals surface area contributed by atoms with Crippen molar-refractivity contribution >= 4 is 41.0 Å². The van der Waals surface area contributed by atoms with Crippen LogP contribution in [0.5, 0.6) is 5.75 Å². The first-order valence-corrected chi connectivity index (χ1v) is 31.4.